The maximum atomic E-state index is 4.63. The zero-order chi connectivity index (χ0) is 13.1. The van der Waals surface area contributed by atoms with Gasteiger partial charge in [-0.25, -0.2) is 9.67 Å². The fraction of sp³-hybridized carbons (Fsp3) is 0.600. The lowest BCUT2D eigenvalue weighted by Crippen LogP contribution is -2.14. The molecule has 0 aliphatic heterocycles. The molecule has 2 aromatic heterocycles. The molecule has 1 saturated carbocycles. The molecule has 1 aliphatic carbocycles. The van der Waals surface area contributed by atoms with Crippen LogP contribution in [0.4, 0.5) is 0 Å². The third-order valence-corrected chi connectivity index (χ3v) is 3.99. The van der Waals surface area contributed by atoms with Gasteiger partial charge in [-0.1, -0.05) is 26.2 Å². The van der Waals surface area contributed by atoms with Crippen molar-refractivity contribution in [1.82, 2.24) is 20.1 Å². The third-order valence-electron chi connectivity index (χ3n) is 3.99. The van der Waals surface area contributed by atoms with Gasteiger partial charge in [-0.2, -0.15) is 5.10 Å². The average molecular weight is 258 g/mol. The number of nitrogens with one attached hydrogen (secondary N) is 1. The Labute approximate surface area is 114 Å². The summed E-state index contributed by atoms with van der Waals surface area (Å²) < 4.78 is 2.14. The van der Waals surface area contributed by atoms with Crippen LogP contribution in [0.2, 0.25) is 0 Å². The van der Waals surface area contributed by atoms with Crippen molar-refractivity contribution >= 4 is 11.0 Å². The minimum atomic E-state index is 0.554. The van der Waals surface area contributed by atoms with Gasteiger partial charge >= 0.3 is 0 Å². The molecular weight excluding hydrogens is 236 g/mol. The Hall–Kier alpha value is -1.42. The van der Waals surface area contributed by atoms with E-state index in [1.54, 1.807) is 0 Å². The second kappa shape index (κ2) is 5.70. The summed E-state index contributed by atoms with van der Waals surface area (Å²) in [6.07, 6.45) is 10.5. The highest BCUT2D eigenvalue weighted by Crippen LogP contribution is 2.29. The Kier molecular flexibility index (Phi) is 3.78. The lowest BCUT2D eigenvalue weighted by molar-refractivity contribution is 0.336. The van der Waals surface area contributed by atoms with E-state index in [1.165, 1.54) is 43.1 Å². The van der Waals surface area contributed by atoms with Gasteiger partial charge in [0.05, 0.1) is 12.2 Å². The van der Waals surface area contributed by atoms with Gasteiger partial charge in [-0.15, -0.1) is 0 Å². The summed E-state index contributed by atoms with van der Waals surface area (Å²) >= 11 is 0. The quantitative estimate of drug-likeness (QED) is 0.916. The first-order valence-corrected chi connectivity index (χ1v) is 7.41. The summed E-state index contributed by atoms with van der Waals surface area (Å²) in [5, 5.41) is 9.07. The lowest BCUT2D eigenvalue weighted by Gasteiger charge is -2.22. The minimum absolute atomic E-state index is 0.554. The average Bonchev–Trinajstić information content (AvgIpc) is 2.89. The molecule has 0 atom stereocenters. The van der Waals surface area contributed by atoms with E-state index < -0.39 is 0 Å². The standard InChI is InChI=1S/C15H22N4/c1-2-16-9-12-8-13-11-18-19(15(13)17-10-12)14-6-4-3-5-7-14/h8,10-11,14,16H,2-7,9H2,1H3. The molecule has 102 valence electrons. The zero-order valence-corrected chi connectivity index (χ0v) is 11.6. The highest BCUT2D eigenvalue weighted by Gasteiger charge is 2.18. The summed E-state index contributed by atoms with van der Waals surface area (Å²) in [5.41, 5.74) is 2.28. The highest BCUT2D eigenvalue weighted by atomic mass is 15.3. The van der Waals surface area contributed by atoms with Crippen LogP contribution in [-0.4, -0.2) is 21.3 Å². The van der Waals surface area contributed by atoms with Gasteiger partial charge in [0.2, 0.25) is 0 Å². The van der Waals surface area contributed by atoms with Crippen LogP contribution < -0.4 is 5.32 Å². The van der Waals surface area contributed by atoms with Crippen LogP contribution >= 0.6 is 0 Å². The minimum Gasteiger partial charge on any atom is -0.313 e. The van der Waals surface area contributed by atoms with E-state index in [2.05, 4.69) is 33.1 Å². The van der Waals surface area contributed by atoms with E-state index in [9.17, 15) is 0 Å². The molecule has 3 rings (SSSR count). The molecule has 1 fully saturated rings. The van der Waals surface area contributed by atoms with E-state index in [1.807, 2.05) is 12.4 Å². The molecule has 0 bridgehead atoms. The van der Waals surface area contributed by atoms with Crippen LogP contribution in [0.5, 0.6) is 0 Å². The molecule has 0 amide bonds. The first-order valence-electron chi connectivity index (χ1n) is 7.41. The molecule has 19 heavy (non-hydrogen) atoms. The van der Waals surface area contributed by atoms with E-state index in [4.69, 9.17) is 0 Å². The predicted molar refractivity (Wildman–Crippen MR) is 77.0 cm³/mol. The first-order chi connectivity index (χ1) is 9.38. The maximum Gasteiger partial charge on any atom is 0.157 e. The van der Waals surface area contributed by atoms with E-state index in [-0.39, 0.29) is 0 Å². The maximum absolute atomic E-state index is 4.63. The van der Waals surface area contributed by atoms with Crippen molar-refractivity contribution in [3.8, 4) is 0 Å². The van der Waals surface area contributed by atoms with Crippen molar-refractivity contribution in [3.63, 3.8) is 0 Å². The second-order valence-corrected chi connectivity index (χ2v) is 5.42. The molecule has 0 radical (unpaired) electrons. The smallest absolute Gasteiger partial charge is 0.157 e. The van der Waals surface area contributed by atoms with Crippen molar-refractivity contribution in [2.45, 2.75) is 51.6 Å². The Morgan fingerprint density at radius 3 is 2.89 bits per heavy atom. The SMILES string of the molecule is CCNCc1cnc2c(cnn2C2CCCCC2)c1. The number of aromatic nitrogens is 3. The van der Waals surface area contributed by atoms with Crippen LogP contribution in [0, 0.1) is 0 Å². The second-order valence-electron chi connectivity index (χ2n) is 5.42. The fourth-order valence-corrected chi connectivity index (χ4v) is 2.94. The van der Waals surface area contributed by atoms with Crippen molar-refractivity contribution in [1.29, 1.82) is 0 Å². The molecule has 2 aromatic rings. The van der Waals surface area contributed by atoms with Crippen LogP contribution in [0.25, 0.3) is 11.0 Å². The van der Waals surface area contributed by atoms with Crippen molar-refractivity contribution < 1.29 is 0 Å². The van der Waals surface area contributed by atoms with Crippen molar-refractivity contribution in [3.05, 3.63) is 24.0 Å². The lowest BCUT2D eigenvalue weighted by atomic mass is 9.96. The van der Waals surface area contributed by atoms with Gasteiger partial charge in [-0.05, 0) is 31.0 Å². The molecule has 4 heteroatoms. The molecule has 1 aliphatic rings. The number of hydrogen-bond donors (Lipinski definition) is 1. The zero-order valence-electron chi connectivity index (χ0n) is 11.6. The van der Waals surface area contributed by atoms with E-state index >= 15 is 0 Å². The van der Waals surface area contributed by atoms with Crippen molar-refractivity contribution in [2.75, 3.05) is 6.54 Å². The number of pyridine rings is 1. The number of rotatable bonds is 4. The molecule has 2 heterocycles. The Balaban J connectivity index is 1.86. The van der Waals surface area contributed by atoms with Gasteiger partial charge in [-0.3, -0.25) is 0 Å². The van der Waals surface area contributed by atoms with Gasteiger partial charge in [0.1, 0.15) is 0 Å². The van der Waals surface area contributed by atoms with E-state index in [0.717, 1.165) is 18.7 Å². The normalized spacial score (nSPS) is 17.1. The van der Waals surface area contributed by atoms with Gasteiger partial charge in [0.25, 0.3) is 0 Å². The molecule has 0 aromatic carbocycles. The molecule has 0 saturated heterocycles. The van der Waals surface area contributed by atoms with Gasteiger partial charge in [0.15, 0.2) is 5.65 Å². The summed E-state index contributed by atoms with van der Waals surface area (Å²) in [6, 6.07) is 2.76. The number of nitrogens with zero attached hydrogens (tertiary/aromatic N) is 3. The number of hydrogen-bond acceptors (Lipinski definition) is 3. The number of fused-ring (bicyclic) bond motifs is 1. The fourth-order valence-electron chi connectivity index (χ4n) is 2.94. The first kappa shape index (κ1) is 12.6. The summed E-state index contributed by atoms with van der Waals surface area (Å²) in [7, 11) is 0. The van der Waals surface area contributed by atoms with Crippen LogP contribution in [0.15, 0.2) is 18.5 Å². The third kappa shape index (κ3) is 2.63. The van der Waals surface area contributed by atoms with Gasteiger partial charge in [0, 0.05) is 18.1 Å². The van der Waals surface area contributed by atoms with E-state index in [0.29, 0.717) is 6.04 Å². The monoisotopic (exact) mass is 258 g/mol. The van der Waals surface area contributed by atoms with Crippen molar-refractivity contribution in [2.24, 2.45) is 0 Å². The predicted octanol–water partition coefficient (Wildman–Crippen LogP) is 3.05. The Morgan fingerprint density at radius 1 is 1.26 bits per heavy atom. The molecular formula is C15H22N4. The summed E-state index contributed by atoms with van der Waals surface area (Å²) in [6.45, 7) is 3.99. The molecule has 1 N–H and O–H groups in total. The topological polar surface area (TPSA) is 42.7 Å². The van der Waals surface area contributed by atoms with Gasteiger partial charge < -0.3 is 5.32 Å². The Bertz CT molecular complexity index is 540. The Morgan fingerprint density at radius 2 is 2.11 bits per heavy atom. The summed E-state index contributed by atoms with van der Waals surface area (Å²) in [5.74, 6) is 0. The van der Waals surface area contributed by atoms with Crippen LogP contribution in [0.1, 0.15) is 50.6 Å². The van der Waals surface area contributed by atoms with Crippen LogP contribution in [0.3, 0.4) is 0 Å². The molecule has 4 nitrogen and oxygen atoms in total. The highest BCUT2D eigenvalue weighted by molar-refractivity contribution is 5.75. The largest absolute Gasteiger partial charge is 0.313 e. The van der Waals surface area contributed by atoms with Crippen LogP contribution in [-0.2, 0) is 6.54 Å². The summed E-state index contributed by atoms with van der Waals surface area (Å²) in [4.78, 5) is 4.63. The molecule has 0 unspecified atom stereocenters. The molecule has 0 spiro atoms.